The second-order valence-corrected chi connectivity index (χ2v) is 4.43. The van der Waals surface area contributed by atoms with Gasteiger partial charge in [-0.15, -0.1) is 5.10 Å². The van der Waals surface area contributed by atoms with E-state index in [9.17, 15) is 0 Å². The van der Waals surface area contributed by atoms with Crippen molar-refractivity contribution in [2.45, 2.75) is 25.4 Å². The summed E-state index contributed by atoms with van der Waals surface area (Å²) < 4.78 is 3.92. The Kier molecular flexibility index (Phi) is 2.44. The highest BCUT2D eigenvalue weighted by Crippen LogP contribution is 2.38. The van der Waals surface area contributed by atoms with Crippen LogP contribution in [0.15, 0.2) is 12.3 Å². The Labute approximate surface area is 99.6 Å². The van der Waals surface area contributed by atoms with Gasteiger partial charge in [-0.2, -0.15) is 5.10 Å². The zero-order valence-electron chi connectivity index (χ0n) is 10.1. The van der Waals surface area contributed by atoms with Gasteiger partial charge < -0.3 is 5.32 Å². The number of nitrogens with zero attached hydrogens (tertiary/aromatic N) is 5. The van der Waals surface area contributed by atoms with Crippen molar-refractivity contribution in [3.05, 3.63) is 18.0 Å². The van der Waals surface area contributed by atoms with E-state index < -0.39 is 0 Å². The molecule has 0 spiro atoms. The highest BCUT2D eigenvalue weighted by atomic mass is 15.5. The van der Waals surface area contributed by atoms with E-state index in [0.29, 0.717) is 6.04 Å². The van der Waals surface area contributed by atoms with Gasteiger partial charge >= 0.3 is 0 Å². The van der Waals surface area contributed by atoms with Crippen molar-refractivity contribution in [2.75, 3.05) is 7.05 Å². The summed E-state index contributed by atoms with van der Waals surface area (Å²) in [7, 11) is 3.87. The fraction of sp³-hybridized carbons (Fsp3) is 0.545. The Morgan fingerprint density at radius 2 is 2.29 bits per heavy atom. The molecule has 2 heterocycles. The molecule has 6 nitrogen and oxygen atoms in total. The van der Waals surface area contributed by atoms with Crippen molar-refractivity contribution >= 4 is 0 Å². The number of nitrogens with one attached hydrogen (secondary N) is 1. The van der Waals surface area contributed by atoms with E-state index in [1.54, 1.807) is 0 Å². The van der Waals surface area contributed by atoms with Gasteiger partial charge in [0.1, 0.15) is 11.4 Å². The van der Waals surface area contributed by atoms with Crippen LogP contribution in [-0.4, -0.2) is 31.8 Å². The highest BCUT2D eigenvalue weighted by molar-refractivity contribution is 5.57. The Hall–Kier alpha value is -1.69. The molecule has 0 atom stereocenters. The van der Waals surface area contributed by atoms with E-state index in [1.165, 1.54) is 12.8 Å². The zero-order valence-corrected chi connectivity index (χ0v) is 10.1. The van der Waals surface area contributed by atoms with Gasteiger partial charge in [0.05, 0.1) is 11.7 Å². The minimum atomic E-state index is 0.526. The lowest BCUT2D eigenvalue weighted by Gasteiger charge is -2.07. The zero-order chi connectivity index (χ0) is 11.8. The van der Waals surface area contributed by atoms with Crippen LogP contribution in [-0.2, 0) is 13.6 Å². The Bertz CT molecular complexity index is 522. The first kappa shape index (κ1) is 10.5. The molecule has 0 aromatic carbocycles. The van der Waals surface area contributed by atoms with E-state index >= 15 is 0 Å². The molecule has 1 fully saturated rings. The van der Waals surface area contributed by atoms with Gasteiger partial charge in [0.2, 0.25) is 0 Å². The van der Waals surface area contributed by atoms with Crippen molar-refractivity contribution in [3.63, 3.8) is 0 Å². The van der Waals surface area contributed by atoms with Gasteiger partial charge in [-0.1, -0.05) is 5.21 Å². The number of hydrogen-bond acceptors (Lipinski definition) is 4. The van der Waals surface area contributed by atoms with Crippen LogP contribution in [0, 0.1) is 0 Å². The van der Waals surface area contributed by atoms with Gasteiger partial charge in [-0.25, -0.2) is 4.68 Å². The van der Waals surface area contributed by atoms with Crippen molar-refractivity contribution in [1.29, 1.82) is 0 Å². The Balaban J connectivity index is 2.11. The predicted octanol–water partition coefficient (Wildman–Crippen LogP) is 0.733. The van der Waals surface area contributed by atoms with Crippen LogP contribution in [0.1, 0.15) is 24.6 Å². The molecule has 0 radical (unpaired) electrons. The van der Waals surface area contributed by atoms with Crippen LogP contribution in [0.2, 0.25) is 0 Å². The van der Waals surface area contributed by atoms with Crippen LogP contribution in [0.4, 0.5) is 0 Å². The quantitative estimate of drug-likeness (QED) is 0.844. The lowest BCUT2D eigenvalue weighted by molar-refractivity contribution is 0.611. The molecule has 0 amide bonds. The second kappa shape index (κ2) is 3.96. The second-order valence-electron chi connectivity index (χ2n) is 4.43. The summed E-state index contributed by atoms with van der Waals surface area (Å²) in [6.07, 6.45) is 4.21. The first-order valence-electron chi connectivity index (χ1n) is 5.88. The van der Waals surface area contributed by atoms with Crippen LogP contribution in [0.3, 0.4) is 0 Å². The molecular weight excluding hydrogens is 216 g/mol. The molecule has 2 aromatic heterocycles. The lowest BCUT2D eigenvalue weighted by atomic mass is 10.2. The average Bonchev–Trinajstić information content (AvgIpc) is 2.96. The third-order valence-electron chi connectivity index (χ3n) is 3.06. The van der Waals surface area contributed by atoms with Gasteiger partial charge in [0, 0.05) is 19.8 Å². The van der Waals surface area contributed by atoms with Crippen LogP contribution >= 0.6 is 0 Å². The molecule has 0 saturated heterocycles. The molecule has 0 unspecified atom stereocenters. The van der Waals surface area contributed by atoms with E-state index in [-0.39, 0.29) is 0 Å². The molecular formula is C11H16N6. The lowest BCUT2D eigenvalue weighted by Crippen LogP contribution is -2.09. The molecule has 3 rings (SSSR count). The van der Waals surface area contributed by atoms with E-state index in [1.807, 2.05) is 35.7 Å². The minimum absolute atomic E-state index is 0.526. The summed E-state index contributed by atoms with van der Waals surface area (Å²) in [5.74, 6) is 0. The normalized spacial score (nSPS) is 15.4. The third kappa shape index (κ3) is 1.74. The Morgan fingerprint density at radius 3 is 2.88 bits per heavy atom. The van der Waals surface area contributed by atoms with E-state index in [4.69, 9.17) is 0 Å². The van der Waals surface area contributed by atoms with Gasteiger partial charge in [-0.05, 0) is 26.0 Å². The summed E-state index contributed by atoms with van der Waals surface area (Å²) in [6.45, 7) is 0.729. The van der Waals surface area contributed by atoms with Crippen molar-refractivity contribution in [1.82, 2.24) is 30.1 Å². The molecule has 0 bridgehead atoms. The van der Waals surface area contributed by atoms with Crippen molar-refractivity contribution < 1.29 is 0 Å². The third-order valence-corrected chi connectivity index (χ3v) is 3.06. The summed E-state index contributed by atoms with van der Waals surface area (Å²) in [6, 6.07) is 2.54. The average molecular weight is 232 g/mol. The SMILES string of the molecule is CNCc1nnn(C2CC2)c1-c1ccnn1C. The maximum atomic E-state index is 4.28. The first-order chi connectivity index (χ1) is 8.31. The smallest absolute Gasteiger partial charge is 0.111 e. The molecule has 0 aliphatic heterocycles. The number of aryl methyl sites for hydroxylation is 1. The van der Waals surface area contributed by atoms with Gasteiger partial charge in [0.15, 0.2) is 0 Å². The maximum Gasteiger partial charge on any atom is 0.111 e. The van der Waals surface area contributed by atoms with E-state index in [0.717, 1.165) is 23.6 Å². The van der Waals surface area contributed by atoms with Gasteiger partial charge in [0.25, 0.3) is 0 Å². The standard InChI is InChI=1S/C11H16N6/c1-12-7-9-11(10-5-6-13-16(10)2)17(15-14-9)8-3-4-8/h5-6,8,12H,3-4,7H2,1-2H3. The molecule has 2 aromatic rings. The largest absolute Gasteiger partial charge is 0.314 e. The van der Waals surface area contributed by atoms with Gasteiger partial charge in [-0.3, -0.25) is 4.68 Å². The summed E-state index contributed by atoms with van der Waals surface area (Å²) in [4.78, 5) is 0. The molecule has 17 heavy (non-hydrogen) atoms. The minimum Gasteiger partial charge on any atom is -0.314 e. The van der Waals surface area contributed by atoms with Crippen LogP contribution < -0.4 is 5.32 Å². The summed E-state index contributed by atoms with van der Waals surface area (Å²) in [5, 5.41) is 15.9. The first-order valence-corrected chi connectivity index (χ1v) is 5.88. The predicted molar refractivity (Wildman–Crippen MR) is 63.3 cm³/mol. The molecule has 1 N–H and O–H groups in total. The maximum absolute atomic E-state index is 4.28. The molecule has 1 aliphatic rings. The molecule has 6 heteroatoms. The number of rotatable bonds is 4. The Morgan fingerprint density at radius 1 is 1.47 bits per heavy atom. The monoisotopic (exact) mass is 232 g/mol. The highest BCUT2D eigenvalue weighted by Gasteiger charge is 2.30. The molecule has 1 aliphatic carbocycles. The van der Waals surface area contributed by atoms with Crippen molar-refractivity contribution in [3.8, 4) is 11.4 Å². The van der Waals surface area contributed by atoms with E-state index in [2.05, 4.69) is 20.7 Å². The fourth-order valence-electron chi connectivity index (χ4n) is 2.06. The number of hydrogen-bond donors (Lipinski definition) is 1. The molecule has 1 saturated carbocycles. The summed E-state index contributed by atoms with van der Waals surface area (Å²) in [5.41, 5.74) is 3.16. The number of aromatic nitrogens is 5. The van der Waals surface area contributed by atoms with Crippen molar-refractivity contribution in [2.24, 2.45) is 7.05 Å². The summed E-state index contributed by atoms with van der Waals surface area (Å²) >= 11 is 0. The van der Waals surface area contributed by atoms with Crippen LogP contribution in [0.25, 0.3) is 11.4 Å². The fourth-order valence-corrected chi connectivity index (χ4v) is 2.06. The topological polar surface area (TPSA) is 60.6 Å². The van der Waals surface area contributed by atoms with Crippen LogP contribution in [0.5, 0.6) is 0 Å². The molecule has 90 valence electrons.